The Hall–Kier alpha value is -2.57. The van der Waals surface area contributed by atoms with Crippen molar-refractivity contribution in [2.24, 2.45) is 5.92 Å². The first-order valence-corrected chi connectivity index (χ1v) is 14.0. The van der Waals surface area contributed by atoms with E-state index in [1.54, 1.807) is 25.7 Å². The number of aryl methyl sites for hydroxylation is 1. The summed E-state index contributed by atoms with van der Waals surface area (Å²) in [5.41, 5.74) is 2.19. The average Bonchev–Trinajstić information content (AvgIpc) is 2.80. The molecule has 0 bridgehead atoms. The molecule has 0 heterocycles. The lowest BCUT2D eigenvalue weighted by molar-refractivity contribution is -0.143. The van der Waals surface area contributed by atoms with Gasteiger partial charge in [-0.05, 0) is 70.1 Å². The van der Waals surface area contributed by atoms with Crippen molar-refractivity contribution < 1.29 is 19.1 Å². The second-order valence-corrected chi connectivity index (χ2v) is 11.3. The van der Waals surface area contributed by atoms with Crippen LogP contribution in [0.5, 0.6) is 0 Å². The van der Waals surface area contributed by atoms with Gasteiger partial charge in [0.05, 0.1) is 0 Å². The Kier molecular flexibility index (Phi) is 13.7. The molecule has 0 radical (unpaired) electrons. The number of alkyl carbamates (subject to hydrolysis) is 1. The lowest BCUT2D eigenvalue weighted by atomic mass is 9.93. The van der Waals surface area contributed by atoms with Crippen molar-refractivity contribution in [3.8, 4) is 0 Å². The molecule has 0 saturated heterocycles. The van der Waals surface area contributed by atoms with Crippen LogP contribution in [0.3, 0.4) is 0 Å². The Balaban J connectivity index is 3.50. The second kappa shape index (κ2) is 15.6. The molecule has 0 spiro atoms. The van der Waals surface area contributed by atoms with Gasteiger partial charge in [0.2, 0.25) is 11.8 Å². The lowest BCUT2D eigenvalue weighted by Crippen LogP contribution is -2.55. The fourth-order valence-corrected chi connectivity index (χ4v) is 4.21. The number of rotatable bonds is 14. The summed E-state index contributed by atoms with van der Waals surface area (Å²) in [5.74, 6) is -0.653. The van der Waals surface area contributed by atoms with Gasteiger partial charge in [0.15, 0.2) is 0 Å². The molecular weight excluding hydrogens is 466 g/mol. The van der Waals surface area contributed by atoms with E-state index >= 15 is 0 Å². The number of ether oxygens (including phenoxy) is 1. The van der Waals surface area contributed by atoms with E-state index in [9.17, 15) is 14.4 Å². The molecule has 0 fully saturated rings. The van der Waals surface area contributed by atoms with Gasteiger partial charge < -0.3 is 20.3 Å². The van der Waals surface area contributed by atoms with Crippen LogP contribution in [-0.4, -0.2) is 47.5 Å². The van der Waals surface area contributed by atoms with Gasteiger partial charge in [-0.1, -0.05) is 71.6 Å². The van der Waals surface area contributed by atoms with Crippen LogP contribution in [0.1, 0.15) is 110 Å². The predicted octanol–water partition coefficient (Wildman–Crippen LogP) is 6.22. The monoisotopic (exact) mass is 517 g/mol. The highest BCUT2D eigenvalue weighted by atomic mass is 16.6. The van der Waals surface area contributed by atoms with Crippen LogP contribution >= 0.6 is 0 Å². The van der Waals surface area contributed by atoms with E-state index < -0.39 is 23.8 Å². The molecule has 0 saturated carbocycles. The zero-order valence-electron chi connectivity index (χ0n) is 24.7. The van der Waals surface area contributed by atoms with E-state index in [2.05, 4.69) is 24.5 Å². The molecule has 1 aromatic carbocycles. The van der Waals surface area contributed by atoms with E-state index in [0.29, 0.717) is 13.1 Å². The quantitative estimate of drug-likeness (QED) is 0.287. The summed E-state index contributed by atoms with van der Waals surface area (Å²) < 4.78 is 5.45. The van der Waals surface area contributed by atoms with Gasteiger partial charge in [0.25, 0.3) is 0 Å². The fraction of sp³-hybridized carbons (Fsp3) is 0.700. The van der Waals surface area contributed by atoms with Gasteiger partial charge in [-0.3, -0.25) is 9.59 Å². The highest BCUT2D eigenvalue weighted by Gasteiger charge is 2.37. The van der Waals surface area contributed by atoms with Crippen LogP contribution in [0.4, 0.5) is 4.79 Å². The van der Waals surface area contributed by atoms with Crippen molar-refractivity contribution in [2.75, 3.05) is 13.1 Å². The number of unbranched alkanes of at least 4 members (excludes halogenated alkanes) is 4. The number of nitrogens with one attached hydrogen (secondary N) is 2. The molecule has 1 aromatic rings. The zero-order chi connectivity index (χ0) is 28.2. The Morgan fingerprint density at radius 3 is 2.19 bits per heavy atom. The molecule has 2 atom stereocenters. The molecule has 0 aliphatic heterocycles. The van der Waals surface area contributed by atoms with Gasteiger partial charge in [-0.15, -0.1) is 0 Å². The number of amides is 3. The van der Waals surface area contributed by atoms with Gasteiger partial charge >= 0.3 is 6.09 Å². The molecule has 3 amide bonds. The third kappa shape index (κ3) is 10.7. The number of carbonyl (C=O) groups is 3. The normalized spacial score (nSPS) is 13.1. The number of benzene rings is 1. The SMILES string of the molecule is CCCCCCN(C(=O)C(NC(=O)OC(C)(C)C)C(C)C)C(C(=O)NCCCC)c1cccc(C)c1C. The van der Waals surface area contributed by atoms with Crippen molar-refractivity contribution in [1.29, 1.82) is 0 Å². The minimum atomic E-state index is -0.822. The Morgan fingerprint density at radius 2 is 1.62 bits per heavy atom. The first-order valence-electron chi connectivity index (χ1n) is 14.0. The number of nitrogens with zero attached hydrogens (tertiary/aromatic N) is 1. The Morgan fingerprint density at radius 1 is 0.973 bits per heavy atom. The third-order valence-corrected chi connectivity index (χ3v) is 6.47. The first-order chi connectivity index (χ1) is 17.3. The van der Waals surface area contributed by atoms with Gasteiger partial charge in [-0.25, -0.2) is 4.79 Å². The summed E-state index contributed by atoms with van der Waals surface area (Å²) in [6, 6.07) is 4.27. The minimum Gasteiger partial charge on any atom is -0.444 e. The molecular formula is C30H51N3O4. The number of hydrogen-bond acceptors (Lipinski definition) is 4. The minimum absolute atomic E-state index is 0.189. The highest BCUT2D eigenvalue weighted by Crippen LogP contribution is 2.28. The summed E-state index contributed by atoms with van der Waals surface area (Å²) in [6.07, 6.45) is 5.06. The summed E-state index contributed by atoms with van der Waals surface area (Å²) >= 11 is 0. The van der Waals surface area contributed by atoms with Crippen LogP contribution in [0.15, 0.2) is 18.2 Å². The van der Waals surface area contributed by atoms with Gasteiger partial charge in [0.1, 0.15) is 17.7 Å². The molecule has 210 valence electrons. The molecule has 0 aromatic heterocycles. The summed E-state index contributed by atoms with van der Waals surface area (Å²) in [5, 5.41) is 5.86. The maximum absolute atomic E-state index is 14.2. The van der Waals surface area contributed by atoms with E-state index in [4.69, 9.17) is 4.74 Å². The van der Waals surface area contributed by atoms with Crippen molar-refractivity contribution in [3.63, 3.8) is 0 Å². The van der Waals surface area contributed by atoms with E-state index in [-0.39, 0.29) is 17.7 Å². The molecule has 7 heteroatoms. The Bertz CT molecular complexity index is 876. The topological polar surface area (TPSA) is 87.7 Å². The molecule has 0 aliphatic carbocycles. The van der Waals surface area contributed by atoms with Gasteiger partial charge in [0, 0.05) is 13.1 Å². The van der Waals surface area contributed by atoms with Crippen molar-refractivity contribution in [2.45, 2.75) is 119 Å². The van der Waals surface area contributed by atoms with Gasteiger partial charge in [-0.2, -0.15) is 0 Å². The second-order valence-electron chi connectivity index (χ2n) is 11.3. The maximum Gasteiger partial charge on any atom is 0.408 e. The largest absolute Gasteiger partial charge is 0.444 e. The predicted molar refractivity (Wildman–Crippen MR) is 150 cm³/mol. The van der Waals surface area contributed by atoms with Crippen LogP contribution in [0, 0.1) is 19.8 Å². The summed E-state index contributed by atoms with van der Waals surface area (Å²) in [6.45, 7) is 18.4. The zero-order valence-corrected chi connectivity index (χ0v) is 24.7. The molecule has 0 aliphatic rings. The molecule has 7 nitrogen and oxygen atoms in total. The number of carbonyl (C=O) groups excluding carboxylic acids is 3. The van der Waals surface area contributed by atoms with Crippen molar-refractivity contribution in [1.82, 2.24) is 15.5 Å². The van der Waals surface area contributed by atoms with Crippen LogP contribution in [0.2, 0.25) is 0 Å². The average molecular weight is 518 g/mol. The Labute approximate surface area is 225 Å². The summed E-state index contributed by atoms with van der Waals surface area (Å²) in [4.78, 5) is 42.2. The standard InChI is InChI=1S/C30H51N3O4/c1-10-12-14-15-20-33(28(35)25(21(3)4)32-29(36)37-30(7,8)9)26(27(34)31-19-13-11-2)24-18-16-17-22(5)23(24)6/h16-18,21,25-26H,10-15,19-20H2,1-9H3,(H,31,34)(H,32,36). The van der Waals surface area contributed by atoms with Crippen LogP contribution < -0.4 is 10.6 Å². The highest BCUT2D eigenvalue weighted by molar-refractivity contribution is 5.92. The lowest BCUT2D eigenvalue weighted by Gasteiger charge is -2.36. The van der Waals surface area contributed by atoms with E-state index in [1.165, 1.54) is 0 Å². The third-order valence-electron chi connectivity index (χ3n) is 6.47. The summed E-state index contributed by atoms with van der Waals surface area (Å²) in [7, 11) is 0. The first kappa shape index (κ1) is 32.5. The molecule has 2 unspecified atom stereocenters. The smallest absolute Gasteiger partial charge is 0.408 e. The maximum atomic E-state index is 14.2. The van der Waals surface area contributed by atoms with Crippen LogP contribution in [-0.2, 0) is 14.3 Å². The number of hydrogen-bond donors (Lipinski definition) is 2. The van der Waals surface area contributed by atoms with Crippen molar-refractivity contribution in [3.05, 3.63) is 34.9 Å². The molecule has 1 rings (SSSR count). The molecule has 37 heavy (non-hydrogen) atoms. The van der Waals surface area contributed by atoms with E-state index in [1.807, 2.05) is 45.9 Å². The fourth-order valence-electron chi connectivity index (χ4n) is 4.21. The van der Waals surface area contributed by atoms with Crippen LogP contribution in [0.25, 0.3) is 0 Å². The van der Waals surface area contributed by atoms with E-state index in [0.717, 1.165) is 55.2 Å². The molecule has 2 N–H and O–H groups in total. The van der Waals surface area contributed by atoms with Crippen molar-refractivity contribution >= 4 is 17.9 Å².